The second-order valence-corrected chi connectivity index (χ2v) is 4.47. The van der Waals surface area contributed by atoms with Crippen molar-refractivity contribution >= 4 is 5.91 Å². The molecule has 0 saturated carbocycles. The number of hydrogen-bond acceptors (Lipinski definition) is 4. The van der Waals surface area contributed by atoms with Crippen LogP contribution < -0.4 is 0 Å². The van der Waals surface area contributed by atoms with Crippen LogP contribution in [0.3, 0.4) is 0 Å². The Balaban J connectivity index is 1.89. The van der Waals surface area contributed by atoms with E-state index in [0.29, 0.717) is 12.8 Å². The van der Waals surface area contributed by atoms with Gasteiger partial charge >= 0.3 is 0 Å². The van der Waals surface area contributed by atoms with Crippen molar-refractivity contribution in [2.24, 2.45) is 0 Å². The van der Waals surface area contributed by atoms with Gasteiger partial charge in [-0.05, 0) is 25.0 Å². The Bertz CT molecular complexity index is 511. The Labute approximate surface area is 112 Å². The number of hydrogen-bond donors (Lipinski definition) is 0. The fraction of sp³-hybridized carbons (Fsp3) is 0.357. The molecule has 0 radical (unpaired) electrons. The minimum atomic E-state index is -0.0832. The van der Waals surface area contributed by atoms with E-state index in [1.54, 1.807) is 30.4 Å². The van der Waals surface area contributed by atoms with Gasteiger partial charge in [0.15, 0.2) is 0 Å². The van der Waals surface area contributed by atoms with Gasteiger partial charge in [0.2, 0.25) is 5.91 Å². The molecule has 100 valence electrons. The summed E-state index contributed by atoms with van der Waals surface area (Å²) in [7, 11) is 1.78. The molecule has 0 aliphatic heterocycles. The molecular formula is C14H17N3O2. The van der Waals surface area contributed by atoms with E-state index in [0.717, 1.165) is 11.3 Å². The van der Waals surface area contributed by atoms with Crippen molar-refractivity contribution in [1.29, 1.82) is 0 Å². The van der Waals surface area contributed by atoms with Crippen LogP contribution in [-0.4, -0.2) is 28.0 Å². The molecule has 0 saturated heterocycles. The summed E-state index contributed by atoms with van der Waals surface area (Å²) < 4.78 is 4.80. The second-order valence-electron chi connectivity index (χ2n) is 4.47. The summed E-state index contributed by atoms with van der Waals surface area (Å²) in [6, 6.07) is 5.54. The van der Waals surface area contributed by atoms with Gasteiger partial charge in [0.1, 0.15) is 12.0 Å². The summed E-state index contributed by atoms with van der Waals surface area (Å²) >= 11 is 0. The maximum absolute atomic E-state index is 12.1. The predicted molar refractivity (Wildman–Crippen MR) is 70.2 cm³/mol. The first-order valence-corrected chi connectivity index (χ1v) is 6.23. The number of rotatable bonds is 5. The standard InChI is InChI=1S/C14H17N3O2/c1-11(13-7-9-19-16-13)17(2)14(18)6-5-12-4-3-8-15-10-12/h3-4,7-11H,5-6H2,1-2H3. The Morgan fingerprint density at radius 1 is 1.47 bits per heavy atom. The molecule has 1 amide bonds. The van der Waals surface area contributed by atoms with Crippen LogP contribution in [0.1, 0.15) is 30.6 Å². The Morgan fingerprint density at radius 2 is 2.32 bits per heavy atom. The van der Waals surface area contributed by atoms with Crippen molar-refractivity contribution in [2.45, 2.75) is 25.8 Å². The molecule has 0 spiro atoms. The van der Waals surface area contributed by atoms with Gasteiger partial charge in [0.25, 0.3) is 0 Å². The van der Waals surface area contributed by atoms with Gasteiger partial charge in [0.05, 0.1) is 6.04 Å². The zero-order chi connectivity index (χ0) is 13.7. The van der Waals surface area contributed by atoms with E-state index >= 15 is 0 Å². The number of nitrogens with zero attached hydrogens (tertiary/aromatic N) is 3. The molecule has 2 aromatic heterocycles. The van der Waals surface area contributed by atoms with Gasteiger partial charge in [-0.2, -0.15) is 0 Å². The van der Waals surface area contributed by atoms with Crippen LogP contribution in [0.5, 0.6) is 0 Å². The first kappa shape index (κ1) is 13.3. The fourth-order valence-electron chi connectivity index (χ4n) is 1.83. The first-order chi connectivity index (χ1) is 9.18. The summed E-state index contributed by atoms with van der Waals surface area (Å²) in [5.74, 6) is 0.0827. The highest BCUT2D eigenvalue weighted by Gasteiger charge is 2.19. The molecule has 0 aliphatic carbocycles. The van der Waals surface area contributed by atoms with Crippen molar-refractivity contribution in [3.8, 4) is 0 Å². The van der Waals surface area contributed by atoms with Crippen LogP contribution in [0, 0.1) is 0 Å². The van der Waals surface area contributed by atoms with Crippen molar-refractivity contribution in [3.05, 3.63) is 48.1 Å². The zero-order valence-corrected chi connectivity index (χ0v) is 11.1. The average molecular weight is 259 g/mol. The molecule has 2 heterocycles. The van der Waals surface area contributed by atoms with E-state index in [4.69, 9.17) is 4.52 Å². The monoisotopic (exact) mass is 259 g/mol. The van der Waals surface area contributed by atoms with Crippen LogP contribution in [0.4, 0.5) is 0 Å². The smallest absolute Gasteiger partial charge is 0.223 e. The van der Waals surface area contributed by atoms with Crippen molar-refractivity contribution < 1.29 is 9.32 Å². The lowest BCUT2D eigenvalue weighted by molar-refractivity contribution is -0.131. The third-order valence-electron chi connectivity index (χ3n) is 3.21. The zero-order valence-electron chi connectivity index (χ0n) is 11.1. The Morgan fingerprint density at radius 3 is 2.95 bits per heavy atom. The topological polar surface area (TPSA) is 59.2 Å². The molecule has 0 bridgehead atoms. The van der Waals surface area contributed by atoms with Gasteiger partial charge in [-0.25, -0.2) is 0 Å². The minimum absolute atomic E-state index is 0.0827. The van der Waals surface area contributed by atoms with Gasteiger partial charge in [-0.1, -0.05) is 11.2 Å². The molecule has 2 rings (SSSR count). The minimum Gasteiger partial charge on any atom is -0.364 e. The molecule has 0 fully saturated rings. The van der Waals surface area contributed by atoms with Crippen LogP contribution in [-0.2, 0) is 11.2 Å². The molecule has 1 atom stereocenters. The van der Waals surface area contributed by atoms with Crippen LogP contribution in [0.15, 0.2) is 41.4 Å². The normalized spacial score (nSPS) is 12.1. The lowest BCUT2D eigenvalue weighted by atomic mass is 10.1. The third kappa shape index (κ3) is 3.40. The fourth-order valence-corrected chi connectivity index (χ4v) is 1.83. The molecule has 0 aliphatic rings. The van der Waals surface area contributed by atoms with Gasteiger partial charge in [-0.15, -0.1) is 0 Å². The van der Waals surface area contributed by atoms with Crippen molar-refractivity contribution in [2.75, 3.05) is 7.05 Å². The molecule has 0 N–H and O–H groups in total. The number of aromatic nitrogens is 2. The van der Waals surface area contributed by atoms with E-state index in [9.17, 15) is 4.79 Å². The summed E-state index contributed by atoms with van der Waals surface area (Å²) in [6.45, 7) is 1.93. The third-order valence-corrected chi connectivity index (χ3v) is 3.21. The highest BCUT2D eigenvalue weighted by atomic mass is 16.5. The molecule has 19 heavy (non-hydrogen) atoms. The van der Waals surface area contributed by atoms with Crippen LogP contribution in [0.25, 0.3) is 0 Å². The van der Waals surface area contributed by atoms with E-state index in [2.05, 4.69) is 10.1 Å². The van der Waals surface area contributed by atoms with Crippen molar-refractivity contribution in [3.63, 3.8) is 0 Å². The average Bonchev–Trinajstić information content (AvgIpc) is 2.98. The van der Waals surface area contributed by atoms with E-state index in [1.807, 2.05) is 19.1 Å². The van der Waals surface area contributed by atoms with E-state index in [1.165, 1.54) is 6.26 Å². The van der Waals surface area contributed by atoms with E-state index < -0.39 is 0 Å². The first-order valence-electron chi connectivity index (χ1n) is 6.23. The van der Waals surface area contributed by atoms with Gasteiger partial charge in [0, 0.05) is 31.9 Å². The number of amides is 1. The van der Waals surface area contributed by atoms with Crippen LogP contribution >= 0.6 is 0 Å². The number of pyridine rings is 1. The summed E-state index contributed by atoms with van der Waals surface area (Å²) in [5.41, 5.74) is 1.83. The highest BCUT2D eigenvalue weighted by molar-refractivity contribution is 5.76. The lowest BCUT2D eigenvalue weighted by Gasteiger charge is -2.23. The predicted octanol–water partition coefficient (Wildman–Crippen LogP) is 2.22. The van der Waals surface area contributed by atoms with Gasteiger partial charge in [-0.3, -0.25) is 9.78 Å². The maximum Gasteiger partial charge on any atom is 0.223 e. The number of carbonyl (C=O) groups is 1. The van der Waals surface area contributed by atoms with Crippen LogP contribution in [0.2, 0.25) is 0 Å². The molecule has 1 unspecified atom stereocenters. The SMILES string of the molecule is CC(c1ccon1)N(C)C(=O)CCc1cccnc1. The van der Waals surface area contributed by atoms with E-state index in [-0.39, 0.29) is 11.9 Å². The summed E-state index contributed by atoms with van der Waals surface area (Å²) in [6.07, 6.45) is 6.19. The Kier molecular flexibility index (Phi) is 4.28. The number of carbonyl (C=O) groups excluding carboxylic acids is 1. The van der Waals surface area contributed by atoms with Crippen molar-refractivity contribution in [1.82, 2.24) is 15.0 Å². The summed E-state index contributed by atoms with van der Waals surface area (Å²) in [4.78, 5) is 17.8. The molecule has 0 aromatic carbocycles. The highest BCUT2D eigenvalue weighted by Crippen LogP contribution is 2.17. The molecule has 5 heteroatoms. The molecule has 5 nitrogen and oxygen atoms in total. The largest absolute Gasteiger partial charge is 0.364 e. The van der Waals surface area contributed by atoms with Gasteiger partial charge < -0.3 is 9.42 Å². The second kappa shape index (κ2) is 6.13. The maximum atomic E-state index is 12.1. The Hall–Kier alpha value is -2.17. The molecule has 2 aromatic rings. The molecular weight excluding hydrogens is 242 g/mol. The quantitative estimate of drug-likeness (QED) is 0.826. The summed E-state index contributed by atoms with van der Waals surface area (Å²) in [5, 5.41) is 3.86. The number of aryl methyl sites for hydroxylation is 1. The lowest BCUT2D eigenvalue weighted by Crippen LogP contribution is -2.30.